The van der Waals surface area contributed by atoms with Gasteiger partial charge < -0.3 is 14.8 Å². The number of benzene rings is 2. The molecule has 0 bridgehead atoms. The van der Waals surface area contributed by atoms with Crippen LogP contribution in [0.3, 0.4) is 0 Å². The molecule has 1 N–H and O–H groups in total. The van der Waals surface area contributed by atoms with Crippen molar-refractivity contribution in [3.8, 4) is 11.5 Å². The lowest BCUT2D eigenvalue weighted by atomic mass is 10.1. The molecule has 21 heavy (non-hydrogen) atoms. The summed E-state index contributed by atoms with van der Waals surface area (Å²) >= 11 is 6.22. The van der Waals surface area contributed by atoms with Gasteiger partial charge in [-0.2, -0.15) is 0 Å². The van der Waals surface area contributed by atoms with Gasteiger partial charge in [-0.05, 0) is 37.1 Å². The van der Waals surface area contributed by atoms with E-state index in [4.69, 9.17) is 21.1 Å². The van der Waals surface area contributed by atoms with Crippen LogP contribution in [0, 0.1) is 0 Å². The molecule has 2 aromatic rings. The van der Waals surface area contributed by atoms with Crippen molar-refractivity contribution >= 4 is 17.3 Å². The Morgan fingerprint density at radius 3 is 2.57 bits per heavy atom. The van der Waals surface area contributed by atoms with Crippen LogP contribution in [0.5, 0.6) is 11.5 Å². The predicted molar refractivity (Wildman–Crippen MR) is 87.8 cm³/mol. The topological polar surface area (TPSA) is 30.5 Å². The molecule has 0 saturated heterocycles. The lowest BCUT2D eigenvalue weighted by Gasteiger charge is -2.18. The lowest BCUT2D eigenvalue weighted by molar-refractivity contribution is 0.408. The summed E-state index contributed by atoms with van der Waals surface area (Å²) in [5.74, 6) is 1.69. The summed E-state index contributed by atoms with van der Waals surface area (Å²) in [5, 5.41) is 4.10. The third kappa shape index (κ3) is 4.05. The van der Waals surface area contributed by atoms with E-state index in [9.17, 15) is 0 Å². The second kappa shape index (κ2) is 7.23. The highest BCUT2D eigenvalue weighted by Gasteiger charge is 2.10. The van der Waals surface area contributed by atoms with E-state index in [-0.39, 0.29) is 6.04 Å². The van der Waals surface area contributed by atoms with Crippen LogP contribution in [-0.4, -0.2) is 20.3 Å². The first-order chi connectivity index (χ1) is 10.1. The van der Waals surface area contributed by atoms with Crippen molar-refractivity contribution < 1.29 is 9.47 Å². The lowest BCUT2D eigenvalue weighted by Crippen LogP contribution is -2.18. The number of rotatable bonds is 6. The van der Waals surface area contributed by atoms with E-state index in [0.717, 1.165) is 23.6 Å². The molecule has 0 aliphatic heterocycles. The summed E-state index contributed by atoms with van der Waals surface area (Å²) < 4.78 is 10.6. The molecule has 0 heterocycles. The van der Waals surface area contributed by atoms with Crippen molar-refractivity contribution in [3.63, 3.8) is 0 Å². The third-order valence-electron chi connectivity index (χ3n) is 3.29. The van der Waals surface area contributed by atoms with Crippen LogP contribution < -0.4 is 14.8 Å². The second-order valence-corrected chi connectivity index (χ2v) is 5.31. The van der Waals surface area contributed by atoms with Gasteiger partial charge in [-0.1, -0.05) is 29.8 Å². The molecule has 0 amide bonds. The highest BCUT2D eigenvalue weighted by atomic mass is 35.5. The summed E-state index contributed by atoms with van der Waals surface area (Å²) in [5.41, 5.74) is 2.04. The Kier molecular flexibility index (Phi) is 5.34. The van der Waals surface area contributed by atoms with Crippen molar-refractivity contribution in [1.29, 1.82) is 0 Å². The number of hydrogen-bond donors (Lipinski definition) is 1. The Hall–Kier alpha value is -1.87. The maximum Gasteiger partial charge on any atom is 0.122 e. The summed E-state index contributed by atoms with van der Waals surface area (Å²) in [6, 6.07) is 13.8. The maximum atomic E-state index is 6.22. The molecule has 0 aliphatic rings. The number of ether oxygens (including phenoxy) is 2. The average Bonchev–Trinajstić information content (AvgIpc) is 2.50. The number of hydrogen-bond acceptors (Lipinski definition) is 3. The Morgan fingerprint density at radius 2 is 1.86 bits per heavy atom. The fourth-order valence-electron chi connectivity index (χ4n) is 2.26. The van der Waals surface area contributed by atoms with E-state index in [1.807, 2.05) is 36.4 Å². The van der Waals surface area contributed by atoms with Crippen molar-refractivity contribution in [2.75, 3.05) is 19.5 Å². The van der Waals surface area contributed by atoms with Gasteiger partial charge in [-0.15, -0.1) is 0 Å². The Balaban J connectivity index is 2.09. The molecular formula is C17H20ClNO2. The molecule has 3 nitrogen and oxygen atoms in total. The fourth-order valence-corrected chi connectivity index (χ4v) is 2.43. The van der Waals surface area contributed by atoms with Gasteiger partial charge >= 0.3 is 0 Å². The average molecular weight is 306 g/mol. The SMILES string of the molecule is COc1ccc(Cl)c(NC(C)Cc2ccccc2OC)c1. The Labute approximate surface area is 130 Å². The zero-order chi connectivity index (χ0) is 15.2. The zero-order valence-corrected chi connectivity index (χ0v) is 13.3. The number of halogens is 1. The first-order valence-electron chi connectivity index (χ1n) is 6.86. The van der Waals surface area contributed by atoms with Crippen molar-refractivity contribution in [2.45, 2.75) is 19.4 Å². The normalized spacial score (nSPS) is 11.8. The molecule has 0 spiro atoms. The molecular weight excluding hydrogens is 286 g/mol. The first-order valence-corrected chi connectivity index (χ1v) is 7.23. The van der Waals surface area contributed by atoms with Gasteiger partial charge in [0.1, 0.15) is 11.5 Å². The predicted octanol–water partition coefficient (Wildman–Crippen LogP) is 4.40. The van der Waals surface area contributed by atoms with Crippen LogP contribution in [-0.2, 0) is 6.42 Å². The highest BCUT2D eigenvalue weighted by Crippen LogP contribution is 2.28. The van der Waals surface area contributed by atoms with Crippen molar-refractivity contribution in [1.82, 2.24) is 0 Å². The van der Waals surface area contributed by atoms with Crippen LogP contribution in [0.1, 0.15) is 12.5 Å². The number of anilines is 1. The summed E-state index contributed by atoms with van der Waals surface area (Å²) in [6.07, 6.45) is 0.845. The number of nitrogens with one attached hydrogen (secondary N) is 1. The van der Waals surface area contributed by atoms with E-state index < -0.39 is 0 Å². The molecule has 1 atom stereocenters. The van der Waals surface area contributed by atoms with Gasteiger partial charge in [0, 0.05) is 12.1 Å². The Morgan fingerprint density at radius 1 is 1.10 bits per heavy atom. The van der Waals surface area contributed by atoms with E-state index in [1.165, 1.54) is 5.56 Å². The molecule has 0 aromatic heterocycles. The van der Waals surface area contributed by atoms with Crippen LogP contribution in [0.4, 0.5) is 5.69 Å². The van der Waals surface area contributed by atoms with Crippen LogP contribution in [0.2, 0.25) is 5.02 Å². The highest BCUT2D eigenvalue weighted by molar-refractivity contribution is 6.33. The van der Waals surface area contributed by atoms with E-state index in [2.05, 4.69) is 18.3 Å². The van der Waals surface area contributed by atoms with Crippen LogP contribution >= 0.6 is 11.6 Å². The van der Waals surface area contributed by atoms with Gasteiger partial charge in [0.05, 0.1) is 24.9 Å². The minimum Gasteiger partial charge on any atom is -0.497 e. The summed E-state index contributed by atoms with van der Waals surface area (Å²) in [6.45, 7) is 2.11. The van der Waals surface area contributed by atoms with Gasteiger partial charge in [0.25, 0.3) is 0 Å². The van der Waals surface area contributed by atoms with Gasteiger partial charge in [0.15, 0.2) is 0 Å². The van der Waals surface area contributed by atoms with Crippen molar-refractivity contribution in [2.24, 2.45) is 0 Å². The molecule has 112 valence electrons. The molecule has 2 aromatic carbocycles. The smallest absolute Gasteiger partial charge is 0.122 e. The minimum atomic E-state index is 0.214. The van der Waals surface area contributed by atoms with E-state index in [0.29, 0.717) is 5.02 Å². The van der Waals surface area contributed by atoms with Gasteiger partial charge in [-0.25, -0.2) is 0 Å². The molecule has 1 unspecified atom stereocenters. The number of methoxy groups -OCH3 is 2. The van der Waals surface area contributed by atoms with Crippen LogP contribution in [0.15, 0.2) is 42.5 Å². The summed E-state index contributed by atoms with van der Waals surface area (Å²) in [7, 11) is 3.33. The fraction of sp³-hybridized carbons (Fsp3) is 0.294. The van der Waals surface area contributed by atoms with Crippen LogP contribution in [0.25, 0.3) is 0 Å². The standard InChI is InChI=1S/C17H20ClNO2/c1-12(10-13-6-4-5-7-17(13)21-3)19-16-11-14(20-2)8-9-15(16)18/h4-9,11-12,19H,10H2,1-3H3. The Bertz CT molecular complexity index is 601. The second-order valence-electron chi connectivity index (χ2n) is 4.91. The van der Waals surface area contributed by atoms with E-state index in [1.54, 1.807) is 14.2 Å². The van der Waals surface area contributed by atoms with Gasteiger partial charge in [-0.3, -0.25) is 0 Å². The first kappa shape index (κ1) is 15.5. The molecule has 4 heteroatoms. The molecule has 0 radical (unpaired) electrons. The van der Waals surface area contributed by atoms with Crippen molar-refractivity contribution in [3.05, 3.63) is 53.1 Å². The molecule has 0 saturated carbocycles. The molecule has 0 aliphatic carbocycles. The molecule has 2 rings (SSSR count). The maximum absolute atomic E-state index is 6.22. The quantitative estimate of drug-likeness (QED) is 0.858. The third-order valence-corrected chi connectivity index (χ3v) is 3.62. The van der Waals surface area contributed by atoms with Gasteiger partial charge in [0.2, 0.25) is 0 Å². The largest absolute Gasteiger partial charge is 0.497 e. The van der Waals surface area contributed by atoms with E-state index >= 15 is 0 Å². The zero-order valence-electron chi connectivity index (χ0n) is 12.5. The molecule has 0 fully saturated rings. The summed E-state index contributed by atoms with van der Waals surface area (Å²) in [4.78, 5) is 0. The monoisotopic (exact) mass is 305 g/mol. The minimum absolute atomic E-state index is 0.214. The number of para-hydroxylation sites is 1.